The van der Waals surface area contributed by atoms with Crippen LogP contribution in [0.25, 0.3) is 11.4 Å². The average Bonchev–Trinajstić information content (AvgIpc) is 3.07. The lowest BCUT2D eigenvalue weighted by Crippen LogP contribution is -2.36. The van der Waals surface area contributed by atoms with Crippen LogP contribution in [0.15, 0.2) is 53.9 Å². The van der Waals surface area contributed by atoms with Gasteiger partial charge >= 0.3 is 0 Å². The Balaban J connectivity index is 1.47. The molecule has 1 amide bonds. The number of nitrogens with zero attached hydrogens (tertiary/aromatic N) is 5. The fourth-order valence-corrected chi connectivity index (χ4v) is 3.98. The maximum atomic E-state index is 12.8. The Hall–Kier alpha value is -2.67. The van der Waals surface area contributed by atoms with Crippen molar-refractivity contribution < 1.29 is 4.79 Å². The van der Waals surface area contributed by atoms with Gasteiger partial charge in [-0.3, -0.25) is 9.78 Å². The van der Waals surface area contributed by atoms with Crippen LogP contribution in [0.1, 0.15) is 12.0 Å². The van der Waals surface area contributed by atoms with Gasteiger partial charge in [0.25, 0.3) is 0 Å². The van der Waals surface area contributed by atoms with Gasteiger partial charge in [0.15, 0.2) is 11.0 Å². The molecule has 0 spiro atoms. The van der Waals surface area contributed by atoms with Crippen molar-refractivity contribution in [2.24, 2.45) is 7.05 Å². The number of amides is 1. The Morgan fingerprint density at radius 3 is 2.81 bits per heavy atom. The lowest BCUT2D eigenvalue weighted by molar-refractivity contribution is -0.116. The molecule has 0 bridgehead atoms. The number of pyridine rings is 1. The number of benzene rings is 1. The van der Waals surface area contributed by atoms with Crippen molar-refractivity contribution in [3.05, 3.63) is 54.4 Å². The Morgan fingerprint density at radius 2 is 1.96 bits per heavy atom. The first-order valence-electron chi connectivity index (χ1n) is 8.55. The van der Waals surface area contributed by atoms with Crippen LogP contribution in [0.4, 0.5) is 5.69 Å². The summed E-state index contributed by atoms with van der Waals surface area (Å²) in [5.41, 5.74) is 3.24. The van der Waals surface area contributed by atoms with E-state index in [0.717, 1.165) is 41.6 Å². The maximum Gasteiger partial charge on any atom is 0.237 e. The molecule has 0 fully saturated rings. The van der Waals surface area contributed by atoms with E-state index in [1.165, 1.54) is 17.3 Å². The van der Waals surface area contributed by atoms with E-state index in [-0.39, 0.29) is 5.91 Å². The summed E-state index contributed by atoms with van der Waals surface area (Å²) >= 11 is 1.42. The molecule has 1 aromatic carbocycles. The molecule has 7 heteroatoms. The Morgan fingerprint density at radius 1 is 1.15 bits per heavy atom. The molecule has 0 radical (unpaired) electrons. The monoisotopic (exact) mass is 365 g/mol. The van der Waals surface area contributed by atoms with Crippen LogP contribution in [0.2, 0.25) is 0 Å². The topological polar surface area (TPSA) is 63.9 Å². The van der Waals surface area contributed by atoms with Crippen molar-refractivity contribution in [3.63, 3.8) is 0 Å². The molecule has 1 aliphatic rings. The van der Waals surface area contributed by atoms with E-state index >= 15 is 0 Å². The van der Waals surface area contributed by atoms with Crippen LogP contribution < -0.4 is 4.90 Å². The third-order valence-electron chi connectivity index (χ3n) is 4.51. The normalized spacial score (nSPS) is 13.5. The number of thioether (sulfide) groups is 1. The molecule has 1 aliphatic heterocycles. The van der Waals surface area contributed by atoms with Crippen LogP contribution in [0.5, 0.6) is 0 Å². The summed E-state index contributed by atoms with van der Waals surface area (Å²) < 4.78 is 1.91. The number of anilines is 1. The molecular weight excluding hydrogens is 346 g/mol. The molecule has 132 valence electrons. The summed E-state index contributed by atoms with van der Waals surface area (Å²) in [6.45, 7) is 0.775. The smallest absolute Gasteiger partial charge is 0.237 e. The van der Waals surface area contributed by atoms with E-state index in [1.807, 2.05) is 46.8 Å². The number of para-hydroxylation sites is 1. The minimum absolute atomic E-state index is 0.107. The number of fused-ring (bicyclic) bond motifs is 1. The molecule has 3 aromatic rings. The quantitative estimate of drug-likeness (QED) is 0.665. The van der Waals surface area contributed by atoms with Gasteiger partial charge in [-0.1, -0.05) is 30.0 Å². The van der Waals surface area contributed by atoms with Gasteiger partial charge in [-0.15, -0.1) is 10.2 Å². The number of aromatic nitrogens is 4. The van der Waals surface area contributed by atoms with Crippen LogP contribution in [0.3, 0.4) is 0 Å². The summed E-state index contributed by atoms with van der Waals surface area (Å²) in [6, 6.07) is 11.9. The molecule has 3 heterocycles. The minimum atomic E-state index is 0.107. The molecular formula is C19H19N5OS. The summed E-state index contributed by atoms with van der Waals surface area (Å²) in [6.07, 6.45) is 5.50. The molecule has 0 N–H and O–H groups in total. The first kappa shape index (κ1) is 16.8. The summed E-state index contributed by atoms with van der Waals surface area (Å²) in [5.74, 6) is 1.22. The van der Waals surface area contributed by atoms with Gasteiger partial charge in [-0.25, -0.2) is 0 Å². The second-order valence-electron chi connectivity index (χ2n) is 6.17. The van der Waals surface area contributed by atoms with Crippen molar-refractivity contribution in [1.29, 1.82) is 0 Å². The van der Waals surface area contributed by atoms with E-state index < -0.39 is 0 Å². The molecule has 0 atom stereocenters. The van der Waals surface area contributed by atoms with Gasteiger partial charge in [0, 0.05) is 37.2 Å². The highest BCUT2D eigenvalue weighted by atomic mass is 32.2. The zero-order chi connectivity index (χ0) is 17.9. The molecule has 2 aromatic heterocycles. The standard InChI is InChI=1S/C19H19N5OS/c1-23-18(15-8-10-20-11-9-15)21-22-19(23)26-13-17(25)24-12-4-6-14-5-2-3-7-16(14)24/h2-3,5,7-11H,4,6,12-13H2,1H3. The van der Waals surface area contributed by atoms with Crippen LogP contribution in [-0.2, 0) is 18.3 Å². The third kappa shape index (κ3) is 3.22. The minimum Gasteiger partial charge on any atom is -0.311 e. The molecule has 6 nitrogen and oxygen atoms in total. The molecule has 0 saturated heterocycles. The van der Waals surface area contributed by atoms with Gasteiger partial charge < -0.3 is 9.47 Å². The zero-order valence-electron chi connectivity index (χ0n) is 14.5. The first-order valence-corrected chi connectivity index (χ1v) is 9.53. The van der Waals surface area contributed by atoms with Crippen molar-refractivity contribution in [2.75, 3.05) is 17.2 Å². The van der Waals surface area contributed by atoms with Crippen molar-refractivity contribution >= 4 is 23.4 Å². The van der Waals surface area contributed by atoms with Crippen LogP contribution in [-0.4, -0.2) is 38.0 Å². The van der Waals surface area contributed by atoms with Crippen LogP contribution in [0, 0.1) is 0 Å². The molecule has 0 saturated carbocycles. The predicted octanol–water partition coefficient (Wildman–Crippen LogP) is 2.95. The maximum absolute atomic E-state index is 12.8. The number of carbonyl (C=O) groups is 1. The number of hydrogen-bond donors (Lipinski definition) is 0. The fraction of sp³-hybridized carbons (Fsp3) is 0.263. The number of hydrogen-bond acceptors (Lipinski definition) is 5. The zero-order valence-corrected chi connectivity index (χ0v) is 15.3. The number of aryl methyl sites for hydroxylation is 1. The van der Waals surface area contributed by atoms with Gasteiger partial charge in [0.2, 0.25) is 5.91 Å². The average molecular weight is 365 g/mol. The summed E-state index contributed by atoms with van der Waals surface area (Å²) in [7, 11) is 1.92. The lowest BCUT2D eigenvalue weighted by Gasteiger charge is -2.29. The second kappa shape index (κ2) is 7.29. The second-order valence-corrected chi connectivity index (χ2v) is 7.11. The molecule has 0 aliphatic carbocycles. The predicted molar refractivity (Wildman–Crippen MR) is 102 cm³/mol. The molecule has 4 rings (SSSR count). The Labute approximate surface area is 156 Å². The van der Waals surface area contributed by atoms with Crippen molar-refractivity contribution in [3.8, 4) is 11.4 Å². The lowest BCUT2D eigenvalue weighted by atomic mass is 10.0. The Kier molecular flexibility index (Phi) is 4.71. The Bertz CT molecular complexity index is 925. The van der Waals surface area contributed by atoms with E-state index in [0.29, 0.717) is 5.75 Å². The van der Waals surface area contributed by atoms with E-state index in [4.69, 9.17) is 0 Å². The van der Waals surface area contributed by atoms with Crippen molar-refractivity contribution in [1.82, 2.24) is 19.7 Å². The molecule has 0 unspecified atom stereocenters. The van der Waals surface area contributed by atoms with E-state index in [2.05, 4.69) is 21.2 Å². The third-order valence-corrected chi connectivity index (χ3v) is 5.51. The highest BCUT2D eigenvalue weighted by molar-refractivity contribution is 7.99. The van der Waals surface area contributed by atoms with Gasteiger partial charge in [-0.05, 0) is 36.6 Å². The van der Waals surface area contributed by atoms with Gasteiger partial charge in [-0.2, -0.15) is 0 Å². The van der Waals surface area contributed by atoms with Crippen LogP contribution >= 0.6 is 11.8 Å². The highest BCUT2D eigenvalue weighted by Crippen LogP contribution is 2.28. The number of rotatable bonds is 4. The van der Waals surface area contributed by atoms with Crippen molar-refractivity contribution in [2.45, 2.75) is 18.0 Å². The first-order chi connectivity index (χ1) is 12.7. The summed E-state index contributed by atoms with van der Waals surface area (Å²) in [5, 5.41) is 9.22. The van der Waals surface area contributed by atoms with Gasteiger partial charge in [0.05, 0.1) is 5.75 Å². The van der Waals surface area contributed by atoms with Gasteiger partial charge in [0.1, 0.15) is 0 Å². The van der Waals surface area contributed by atoms with E-state index in [9.17, 15) is 4.79 Å². The SMILES string of the molecule is Cn1c(SCC(=O)N2CCCc3ccccc32)nnc1-c1ccncc1. The number of carbonyl (C=O) groups excluding carboxylic acids is 1. The van der Waals surface area contributed by atoms with E-state index in [1.54, 1.807) is 12.4 Å². The molecule has 26 heavy (non-hydrogen) atoms. The summed E-state index contributed by atoms with van der Waals surface area (Å²) in [4.78, 5) is 18.7. The largest absolute Gasteiger partial charge is 0.311 e. The fourth-order valence-electron chi connectivity index (χ4n) is 3.19. The highest BCUT2D eigenvalue weighted by Gasteiger charge is 2.23.